The Morgan fingerprint density at radius 2 is 2.29 bits per heavy atom. The first-order chi connectivity index (χ1) is 8.22. The molecule has 1 aromatic heterocycles. The van der Waals surface area contributed by atoms with Crippen molar-refractivity contribution in [1.29, 1.82) is 0 Å². The number of nitrogens with two attached hydrogens (primary N) is 1. The van der Waals surface area contributed by atoms with Gasteiger partial charge >= 0.3 is 0 Å². The highest BCUT2D eigenvalue weighted by molar-refractivity contribution is 6.31. The summed E-state index contributed by atoms with van der Waals surface area (Å²) in [5.74, 6) is 0.719. The van der Waals surface area contributed by atoms with Crippen molar-refractivity contribution in [1.82, 2.24) is 14.8 Å². The Morgan fingerprint density at radius 3 is 3.00 bits per heavy atom. The molecule has 6 heteroatoms. The third-order valence-corrected chi connectivity index (χ3v) is 2.64. The zero-order chi connectivity index (χ0) is 12.3. The maximum atomic E-state index is 5.91. The molecule has 5 nitrogen and oxygen atoms in total. The van der Waals surface area contributed by atoms with Crippen LogP contribution in [0.3, 0.4) is 0 Å². The third-order valence-electron chi connectivity index (χ3n) is 2.41. The lowest BCUT2D eigenvalue weighted by Crippen LogP contribution is -2.05. The van der Waals surface area contributed by atoms with E-state index in [-0.39, 0.29) is 0 Å². The van der Waals surface area contributed by atoms with E-state index in [1.54, 1.807) is 25.6 Å². The smallest absolute Gasteiger partial charge is 0.165 e. The summed E-state index contributed by atoms with van der Waals surface area (Å²) in [6.07, 6.45) is 1.66. The van der Waals surface area contributed by atoms with Gasteiger partial charge in [0.2, 0.25) is 0 Å². The van der Waals surface area contributed by atoms with Crippen LogP contribution in [-0.2, 0) is 11.3 Å². The lowest BCUT2D eigenvalue weighted by molar-refractivity contribution is 0.187. The minimum atomic E-state index is 0.587. The molecule has 0 aliphatic carbocycles. The second kappa shape index (κ2) is 5.16. The fourth-order valence-corrected chi connectivity index (χ4v) is 1.73. The standard InChI is InChI=1S/C11H13ClN4O/c1-17-5-4-16-7-14-15-11(16)9-3-2-8(12)6-10(9)13/h2-3,6-7H,4-5,13H2,1H3. The molecule has 0 unspecified atom stereocenters. The van der Waals surface area contributed by atoms with Crippen molar-refractivity contribution in [2.45, 2.75) is 6.54 Å². The average molecular weight is 253 g/mol. The van der Waals surface area contributed by atoms with Gasteiger partial charge in [0.25, 0.3) is 0 Å². The van der Waals surface area contributed by atoms with Crippen molar-refractivity contribution in [2.24, 2.45) is 0 Å². The number of rotatable bonds is 4. The first-order valence-corrected chi connectivity index (χ1v) is 5.52. The van der Waals surface area contributed by atoms with Crippen LogP contribution in [0.15, 0.2) is 24.5 Å². The highest BCUT2D eigenvalue weighted by Crippen LogP contribution is 2.26. The molecular formula is C11H13ClN4O. The fourth-order valence-electron chi connectivity index (χ4n) is 1.55. The summed E-state index contributed by atoms with van der Waals surface area (Å²) in [6, 6.07) is 5.32. The van der Waals surface area contributed by atoms with Crippen LogP contribution in [0.4, 0.5) is 5.69 Å². The third kappa shape index (κ3) is 2.57. The molecule has 0 saturated carbocycles. The van der Waals surface area contributed by atoms with E-state index in [0.717, 1.165) is 11.4 Å². The molecule has 1 aromatic carbocycles. The van der Waals surface area contributed by atoms with Gasteiger partial charge in [0.05, 0.1) is 6.61 Å². The molecule has 0 aliphatic heterocycles. The highest BCUT2D eigenvalue weighted by Gasteiger charge is 2.10. The molecule has 2 N–H and O–H groups in total. The van der Waals surface area contributed by atoms with Crippen LogP contribution in [0, 0.1) is 0 Å². The van der Waals surface area contributed by atoms with Crippen LogP contribution < -0.4 is 5.73 Å². The van der Waals surface area contributed by atoms with Gasteiger partial charge in [0.15, 0.2) is 5.82 Å². The Morgan fingerprint density at radius 1 is 1.47 bits per heavy atom. The predicted octanol–water partition coefficient (Wildman–Crippen LogP) is 1.83. The van der Waals surface area contributed by atoms with E-state index in [0.29, 0.717) is 23.9 Å². The normalized spacial score (nSPS) is 10.7. The topological polar surface area (TPSA) is 66.0 Å². The maximum Gasteiger partial charge on any atom is 0.165 e. The van der Waals surface area contributed by atoms with E-state index in [9.17, 15) is 0 Å². The largest absolute Gasteiger partial charge is 0.398 e. The monoisotopic (exact) mass is 252 g/mol. The first kappa shape index (κ1) is 11.9. The van der Waals surface area contributed by atoms with Crippen molar-refractivity contribution in [3.63, 3.8) is 0 Å². The van der Waals surface area contributed by atoms with Gasteiger partial charge in [0, 0.05) is 29.9 Å². The summed E-state index contributed by atoms with van der Waals surface area (Å²) in [6.45, 7) is 1.28. The van der Waals surface area contributed by atoms with Crippen LogP contribution in [0.5, 0.6) is 0 Å². The van der Waals surface area contributed by atoms with Crippen LogP contribution >= 0.6 is 11.6 Å². The number of ether oxygens (including phenoxy) is 1. The van der Waals surface area contributed by atoms with Crippen molar-refractivity contribution >= 4 is 17.3 Å². The minimum absolute atomic E-state index is 0.587. The van der Waals surface area contributed by atoms with Gasteiger partial charge < -0.3 is 15.0 Å². The second-order valence-electron chi connectivity index (χ2n) is 3.57. The second-order valence-corrected chi connectivity index (χ2v) is 4.01. The number of aromatic nitrogens is 3. The van der Waals surface area contributed by atoms with Crippen molar-refractivity contribution in [2.75, 3.05) is 19.5 Å². The first-order valence-electron chi connectivity index (χ1n) is 5.14. The highest BCUT2D eigenvalue weighted by atomic mass is 35.5. The van der Waals surface area contributed by atoms with E-state index in [1.165, 1.54) is 0 Å². The summed E-state index contributed by atoms with van der Waals surface area (Å²) >= 11 is 5.86. The molecule has 90 valence electrons. The average Bonchev–Trinajstić information content (AvgIpc) is 2.74. The molecule has 0 amide bonds. The van der Waals surface area contributed by atoms with Gasteiger partial charge in [-0.3, -0.25) is 0 Å². The summed E-state index contributed by atoms with van der Waals surface area (Å²) < 4.78 is 6.92. The van der Waals surface area contributed by atoms with Crippen molar-refractivity contribution in [3.05, 3.63) is 29.5 Å². The molecule has 17 heavy (non-hydrogen) atoms. The molecule has 0 aliphatic rings. The molecule has 2 rings (SSSR count). The molecule has 0 spiro atoms. The number of hydrogen-bond acceptors (Lipinski definition) is 4. The zero-order valence-corrected chi connectivity index (χ0v) is 10.2. The van der Waals surface area contributed by atoms with Crippen LogP contribution in [0.1, 0.15) is 0 Å². The molecule has 0 fully saturated rings. The summed E-state index contributed by atoms with van der Waals surface area (Å²) in [5, 5.41) is 8.55. The molecule has 1 heterocycles. The summed E-state index contributed by atoms with van der Waals surface area (Å²) in [7, 11) is 1.65. The van der Waals surface area contributed by atoms with Crippen LogP contribution in [-0.4, -0.2) is 28.5 Å². The molecule has 0 bridgehead atoms. The fraction of sp³-hybridized carbons (Fsp3) is 0.273. The number of anilines is 1. The zero-order valence-electron chi connectivity index (χ0n) is 9.43. The van der Waals surface area contributed by atoms with Gasteiger partial charge in [-0.05, 0) is 18.2 Å². The van der Waals surface area contributed by atoms with E-state index in [2.05, 4.69) is 10.2 Å². The Bertz CT molecular complexity index is 512. The molecular weight excluding hydrogens is 240 g/mol. The number of halogens is 1. The molecule has 2 aromatic rings. The number of hydrogen-bond donors (Lipinski definition) is 1. The number of methoxy groups -OCH3 is 1. The summed E-state index contributed by atoms with van der Waals surface area (Å²) in [5.41, 5.74) is 7.32. The minimum Gasteiger partial charge on any atom is -0.398 e. The Labute approximate surface area is 104 Å². The molecule has 0 atom stereocenters. The summed E-state index contributed by atoms with van der Waals surface area (Å²) in [4.78, 5) is 0. The molecule has 0 radical (unpaired) electrons. The van der Waals surface area contributed by atoms with Crippen molar-refractivity contribution in [3.8, 4) is 11.4 Å². The lowest BCUT2D eigenvalue weighted by Gasteiger charge is -2.08. The quantitative estimate of drug-likeness (QED) is 0.843. The number of benzene rings is 1. The van der Waals surface area contributed by atoms with Gasteiger partial charge in [-0.1, -0.05) is 11.6 Å². The Kier molecular flexibility index (Phi) is 3.61. The van der Waals surface area contributed by atoms with Crippen LogP contribution in [0.2, 0.25) is 5.02 Å². The van der Waals surface area contributed by atoms with E-state index >= 15 is 0 Å². The van der Waals surface area contributed by atoms with Gasteiger partial charge in [0.1, 0.15) is 6.33 Å². The van der Waals surface area contributed by atoms with Gasteiger partial charge in [-0.15, -0.1) is 10.2 Å². The van der Waals surface area contributed by atoms with Crippen molar-refractivity contribution < 1.29 is 4.74 Å². The number of nitrogen functional groups attached to an aromatic ring is 1. The van der Waals surface area contributed by atoms with E-state index < -0.39 is 0 Å². The van der Waals surface area contributed by atoms with Gasteiger partial charge in [-0.2, -0.15) is 0 Å². The van der Waals surface area contributed by atoms with Gasteiger partial charge in [-0.25, -0.2) is 0 Å². The SMILES string of the molecule is COCCn1cnnc1-c1ccc(Cl)cc1N. The predicted molar refractivity (Wildman–Crippen MR) is 66.8 cm³/mol. The lowest BCUT2D eigenvalue weighted by atomic mass is 10.1. The van der Waals surface area contributed by atoms with E-state index in [4.69, 9.17) is 22.1 Å². The molecule has 0 saturated heterocycles. The van der Waals surface area contributed by atoms with E-state index in [1.807, 2.05) is 10.6 Å². The Hall–Kier alpha value is -1.59. The van der Waals surface area contributed by atoms with Crippen LogP contribution in [0.25, 0.3) is 11.4 Å². The number of nitrogens with zero attached hydrogens (tertiary/aromatic N) is 3. The Balaban J connectivity index is 2.35. The maximum absolute atomic E-state index is 5.91.